The number of alkyl halides is 2. The Labute approximate surface area is 137 Å². The van der Waals surface area contributed by atoms with E-state index < -0.39 is 23.0 Å². The first-order valence-electron chi connectivity index (χ1n) is 6.52. The van der Waals surface area contributed by atoms with Crippen LogP contribution in [-0.4, -0.2) is 27.8 Å². The average Bonchev–Trinajstić information content (AvgIpc) is 3.17. The van der Waals surface area contributed by atoms with Gasteiger partial charge in [-0.05, 0) is 18.9 Å². The molecule has 0 saturated heterocycles. The Bertz CT molecular complexity index is 724. The molecule has 1 saturated carbocycles. The molecule has 1 heterocycles. The van der Waals surface area contributed by atoms with Crippen molar-refractivity contribution in [2.75, 3.05) is 5.32 Å². The molecule has 2 aromatic rings. The molecule has 0 atom stereocenters. The number of nitrogens with one attached hydrogen (secondary N) is 1. The molecule has 1 aliphatic carbocycles. The molecule has 1 N–H and O–H groups in total. The number of anilines is 1. The van der Waals surface area contributed by atoms with Gasteiger partial charge in [0.1, 0.15) is 0 Å². The number of nitro benzene ring substituents is 1. The summed E-state index contributed by atoms with van der Waals surface area (Å²) in [7, 11) is 0. The number of hydrogen-bond acceptors (Lipinski definition) is 8. The van der Waals surface area contributed by atoms with Crippen molar-refractivity contribution >= 4 is 33.9 Å². The van der Waals surface area contributed by atoms with Gasteiger partial charge in [-0.3, -0.25) is 10.1 Å². The van der Waals surface area contributed by atoms with Gasteiger partial charge in [-0.25, -0.2) is 0 Å². The summed E-state index contributed by atoms with van der Waals surface area (Å²) in [6, 6.07) is 4.23. The summed E-state index contributed by atoms with van der Waals surface area (Å²) < 4.78 is 29.6. The lowest BCUT2D eigenvalue weighted by Crippen LogP contribution is -2.04. The van der Waals surface area contributed by atoms with Gasteiger partial charge in [-0.15, -0.1) is 10.2 Å². The summed E-state index contributed by atoms with van der Waals surface area (Å²) in [5.41, 5.74) is -0.511. The van der Waals surface area contributed by atoms with Crippen LogP contribution in [0.15, 0.2) is 27.4 Å². The van der Waals surface area contributed by atoms with E-state index in [9.17, 15) is 18.9 Å². The van der Waals surface area contributed by atoms with Crippen molar-refractivity contribution in [1.82, 2.24) is 10.2 Å². The fourth-order valence-corrected chi connectivity index (χ4v) is 3.54. The normalized spacial score (nSPS) is 14.0. The Balaban J connectivity index is 1.76. The third kappa shape index (κ3) is 4.26. The molecule has 0 spiro atoms. The molecule has 7 nitrogen and oxygen atoms in total. The van der Waals surface area contributed by atoms with Gasteiger partial charge in [-0.2, -0.15) is 8.78 Å². The van der Waals surface area contributed by atoms with Crippen LogP contribution in [0.1, 0.15) is 12.8 Å². The first-order valence-corrected chi connectivity index (χ1v) is 8.15. The first kappa shape index (κ1) is 15.9. The molecule has 1 aliphatic rings. The number of nitro groups is 1. The van der Waals surface area contributed by atoms with E-state index in [1.165, 1.54) is 35.2 Å². The summed E-state index contributed by atoms with van der Waals surface area (Å²) in [6.45, 7) is -3.13. The fourth-order valence-electron chi connectivity index (χ4n) is 1.71. The number of ether oxygens (including phenoxy) is 1. The number of rotatable bonds is 7. The van der Waals surface area contributed by atoms with Gasteiger partial charge >= 0.3 is 12.3 Å². The van der Waals surface area contributed by atoms with Crippen molar-refractivity contribution in [2.45, 2.75) is 34.7 Å². The Morgan fingerprint density at radius 3 is 2.87 bits per heavy atom. The molecule has 0 radical (unpaired) electrons. The van der Waals surface area contributed by atoms with Crippen molar-refractivity contribution in [3.8, 4) is 5.75 Å². The minimum absolute atomic E-state index is 0.450. The minimum atomic E-state index is -3.13. The predicted molar refractivity (Wildman–Crippen MR) is 80.4 cm³/mol. The maximum Gasteiger partial charge on any atom is 0.387 e. The Hall–Kier alpha value is -2.01. The second kappa shape index (κ2) is 6.62. The summed E-state index contributed by atoms with van der Waals surface area (Å²) in [5, 5.41) is 22.7. The number of halogens is 2. The van der Waals surface area contributed by atoms with E-state index in [1.54, 1.807) is 0 Å². The fraction of sp³-hybridized carbons (Fsp3) is 0.333. The minimum Gasteiger partial charge on any atom is -0.427 e. The lowest BCUT2D eigenvalue weighted by atomic mass is 10.3. The highest BCUT2D eigenvalue weighted by Crippen LogP contribution is 2.38. The van der Waals surface area contributed by atoms with Crippen molar-refractivity contribution in [1.29, 1.82) is 0 Å². The largest absolute Gasteiger partial charge is 0.427 e. The molecule has 1 aromatic heterocycles. The molecule has 3 rings (SSSR count). The van der Waals surface area contributed by atoms with Crippen LogP contribution in [0, 0.1) is 10.1 Å². The first-order chi connectivity index (χ1) is 11.0. The molecule has 122 valence electrons. The van der Waals surface area contributed by atoms with E-state index in [0.717, 1.165) is 18.9 Å². The van der Waals surface area contributed by atoms with Crippen molar-refractivity contribution in [2.24, 2.45) is 0 Å². The summed E-state index contributed by atoms with van der Waals surface area (Å²) in [5.74, 6) is -0.476. The maximum atomic E-state index is 12.4. The second-order valence-corrected chi connectivity index (χ2v) is 6.96. The Kier molecular flexibility index (Phi) is 4.57. The van der Waals surface area contributed by atoms with E-state index in [-0.39, 0.29) is 0 Å². The molecule has 1 fully saturated rings. The van der Waals surface area contributed by atoms with Crippen LogP contribution < -0.4 is 10.1 Å². The SMILES string of the molecule is O=[N+]([O-])c1ccc(Sc2nnc(NC3CC3)s2)cc1OC(F)F. The van der Waals surface area contributed by atoms with Crippen LogP contribution in [0.4, 0.5) is 19.6 Å². The molecular formula is C12H10F2N4O3S2. The lowest BCUT2D eigenvalue weighted by Gasteiger charge is -2.06. The van der Waals surface area contributed by atoms with Crippen molar-refractivity contribution in [3.63, 3.8) is 0 Å². The Morgan fingerprint density at radius 2 is 2.22 bits per heavy atom. The topological polar surface area (TPSA) is 90.2 Å². The van der Waals surface area contributed by atoms with E-state index in [2.05, 4.69) is 20.3 Å². The van der Waals surface area contributed by atoms with Gasteiger partial charge in [0.25, 0.3) is 0 Å². The van der Waals surface area contributed by atoms with Crippen LogP contribution in [0.2, 0.25) is 0 Å². The lowest BCUT2D eigenvalue weighted by molar-refractivity contribution is -0.386. The Morgan fingerprint density at radius 1 is 1.43 bits per heavy atom. The molecule has 11 heteroatoms. The highest BCUT2D eigenvalue weighted by molar-refractivity contribution is 8.01. The third-order valence-electron chi connectivity index (χ3n) is 2.86. The molecular weight excluding hydrogens is 350 g/mol. The van der Waals surface area contributed by atoms with Gasteiger partial charge < -0.3 is 10.1 Å². The van der Waals surface area contributed by atoms with E-state index in [1.807, 2.05) is 0 Å². The highest BCUT2D eigenvalue weighted by atomic mass is 32.2. The monoisotopic (exact) mass is 360 g/mol. The average molecular weight is 360 g/mol. The number of hydrogen-bond donors (Lipinski definition) is 1. The number of nitrogens with zero attached hydrogens (tertiary/aromatic N) is 3. The molecule has 0 unspecified atom stereocenters. The number of benzene rings is 1. The third-order valence-corrected chi connectivity index (χ3v) is 4.76. The highest BCUT2D eigenvalue weighted by Gasteiger charge is 2.23. The van der Waals surface area contributed by atoms with Crippen molar-refractivity contribution in [3.05, 3.63) is 28.3 Å². The van der Waals surface area contributed by atoms with Crippen LogP contribution in [0.5, 0.6) is 5.75 Å². The maximum absolute atomic E-state index is 12.4. The zero-order valence-electron chi connectivity index (χ0n) is 11.4. The zero-order chi connectivity index (χ0) is 16.4. The standard InChI is InChI=1S/C12H10F2N4O3S2/c13-10(14)21-9-5-7(3-4-8(9)18(19)20)22-12-17-16-11(23-12)15-6-1-2-6/h3-6,10H,1-2H2,(H,15,16). The van der Waals surface area contributed by atoms with E-state index in [4.69, 9.17) is 0 Å². The van der Waals surface area contributed by atoms with Gasteiger partial charge in [0.2, 0.25) is 10.9 Å². The van der Waals surface area contributed by atoms with Gasteiger partial charge in [0.15, 0.2) is 4.34 Å². The van der Waals surface area contributed by atoms with Gasteiger partial charge in [0, 0.05) is 23.1 Å². The molecule has 0 bridgehead atoms. The molecule has 23 heavy (non-hydrogen) atoms. The van der Waals surface area contributed by atoms with Crippen LogP contribution in [0.25, 0.3) is 0 Å². The second-order valence-electron chi connectivity index (χ2n) is 4.66. The zero-order valence-corrected chi connectivity index (χ0v) is 13.1. The summed E-state index contributed by atoms with van der Waals surface area (Å²) in [4.78, 5) is 10.6. The molecule has 1 aromatic carbocycles. The van der Waals surface area contributed by atoms with Crippen molar-refractivity contribution < 1.29 is 18.4 Å². The quantitative estimate of drug-likeness (QED) is 0.593. The van der Waals surface area contributed by atoms with Crippen LogP contribution >= 0.6 is 23.1 Å². The van der Waals surface area contributed by atoms with Gasteiger partial charge in [-0.1, -0.05) is 23.1 Å². The number of aromatic nitrogens is 2. The smallest absolute Gasteiger partial charge is 0.387 e. The summed E-state index contributed by atoms with van der Waals surface area (Å²) >= 11 is 2.51. The van der Waals surface area contributed by atoms with E-state index in [0.29, 0.717) is 20.4 Å². The van der Waals surface area contributed by atoms with Gasteiger partial charge in [0.05, 0.1) is 4.92 Å². The summed E-state index contributed by atoms with van der Waals surface area (Å²) in [6.07, 6.45) is 2.22. The molecule has 0 aliphatic heterocycles. The molecule has 0 amide bonds. The predicted octanol–water partition coefficient (Wildman–Crippen LogP) is 3.77. The van der Waals surface area contributed by atoms with E-state index >= 15 is 0 Å². The van der Waals surface area contributed by atoms with Crippen LogP contribution in [0.3, 0.4) is 0 Å². The van der Waals surface area contributed by atoms with Crippen LogP contribution in [-0.2, 0) is 0 Å².